The summed E-state index contributed by atoms with van der Waals surface area (Å²) in [6, 6.07) is 10.8. The third-order valence-corrected chi connectivity index (χ3v) is 2.06. The molecule has 0 heterocycles. The third kappa shape index (κ3) is 3.08. The highest BCUT2D eigenvalue weighted by Gasteiger charge is 2.18. The summed E-state index contributed by atoms with van der Waals surface area (Å²) in [6.45, 7) is 1.90. The molecule has 88 valence electrons. The minimum Gasteiger partial charge on any atom is -0.494 e. The van der Waals surface area contributed by atoms with Gasteiger partial charge in [0.1, 0.15) is 6.07 Å². The van der Waals surface area contributed by atoms with Crippen LogP contribution in [0, 0.1) is 11.3 Å². The van der Waals surface area contributed by atoms with Crippen LogP contribution < -0.4 is 0 Å². The summed E-state index contributed by atoms with van der Waals surface area (Å²) in [5.74, 6) is -0.442. The van der Waals surface area contributed by atoms with E-state index in [1.165, 1.54) is 7.11 Å². The van der Waals surface area contributed by atoms with Gasteiger partial charge in [0.25, 0.3) is 0 Å². The lowest BCUT2D eigenvalue weighted by Gasteiger charge is -2.08. The second kappa shape index (κ2) is 6.33. The van der Waals surface area contributed by atoms with Gasteiger partial charge in [0.15, 0.2) is 11.3 Å². The van der Waals surface area contributed by atoms with E-state index in [0.29, 0.717) is 5.56 Å². The van der Waals surface area contributed by atoms with Crippen LogP contribution in [0.5, 0.6) is 0 Å². The zero-order valence-electron chi connectivity index (χ0n) is 9.77. The van der Waals surface area contributed by atoms with E-state index in [4.69, 9.17) is 14.7 Å². The molecule has 4 heteroatoms. The van der Waals surface area contributed by atoms with Gasteiger partial charge in [-0.25, -0.2) is 4.79 Å². The Morgan fingerprint density at radius 1 is 1.35 bits per heavy atom. The van der Waals surface area contributed by atoms with Crippen molar-refractivity contribution in [2.75, 3.05) is 13.7 Å². The number of nitriles is 1. The van der Waals surface area contributed by atoms with Gasteiger partial charge in [-0.3, -0.25) is 0 Å². The molecule has 0 saturated carbocycles. The number of benzene rings is 1. The first-order chi connectivity index (χ1) is 8.24. The highest BCUT2D eigenvalue weighted by molar-refractivity contribution is 6.00. The minimum atomic E-state index is -0.671. The molecule has 0 amide bonds. The molecule has 0 saturated heterocycles. The van der Waals surface area contributed by atoms with Gasteiger partial charge >= 0.3 is 5.97 Å². The molecular formula is C13H13NO3. The van der Waals surface area contributed by atoms with Crippen molar-refractivity contribution in [2.24, 2.45) is 0 Å². The van der Waals surface area contributed by atoms with Crippen LogP contribution in [0.3, 0.4) is 0 Å². The van der Waals surface area contributed by atoms with Gasteiger partial charge < -0.3 is 9.47 Å². The molecule has 17 heavy (non-hydrogen) atoms. The fourth-order valence-electron chi connectivity index (χ4n) is 1.35. The number of esters is 1. The molecule has 0 fully saturated rings. The first-order valence-corrected chi connectivity index (χ1v) is 5.15. The van der Waals surface area contributed by atoms with Crippen LogP contribution in [0.1, 0.15) is 12.5 Å². The lowest BCUT2D eigenvalue weighted by molar-refractivity contribution is -0.138. The second-order valence-electron chi connectivity index (χ2n) is 3.11. The van der Waals surface area contributed by atoms with Crippen molar-refractivity contribution in [3.8, 4) is 6.07 Å². The smallest absolute Gasteiger partial charge is 0.352 e. The standard InChI is InChI=1S/C13H13NO3/c1-3-17-13(15)11(9-14)12(16-2)10-7-5-4-6-8-10/h4-8H,3H2,1-2H3/b12-11-. The third-order valence-electron chi connectivity index (χ3n) is 2.06. The molecule has 0 atom stereocenters. The monoisotopic (exact) mass is 231 g/mol. The molecule has 4 nitrogen and oxygen atoms in total. The van der Waals surface area contributed by atoms with E-state index in [2.05, 4.69) is 0 Å². The van der Waals surface area contributed by atoms with Crippen molar-refractivity contribution >= 4 is 11.7 Å². The number of hydrogen-bond donors (Lipinski definition) is 0. The normalized spacial score (nSPS) is 11.1. The molecule has 0 N–H and O–H groups in total. The van der Waals surface area contributed by atoms with Gasteiger partial charge in [-0.15, -0.1) is 0 Å². The maximum Gasteiger partial charge on any atom is 0.352 e. The van der Waals surface area contributed by atoms with Crippen LogP contribution in [0.2, 0.25) is 0 Å². The van der Waals surface area contributed by atoms with E-state index in [0.717, 1.165) is 0 Å². The molecule has 0 aliphatic heterocycles. The van der Waals surface area contributed by atoms with Crippen molar-refractivity contribution < 1.29 is 14.3 Å². The highest BCUT2D eigenvalue weighted by atomic mass is 16.5. The quantitative estimate of drug-likeness (QED) is 0.345. The molecule has 0 aromatic heterocycles. The highest BCUT2D eigenvalue weighted by Crippen LogP contribution is 2.19. The first kappa shape index (κ1) is 12.8. The second-order valence-corrected chi connectivity index (χ2v) is 3.11. The maximum absolute atomic E-state index is 11.6. The van der Waals surface area contributed by atoms with E-state index < -0.39 is 5.97 Å². The average Bonchev–Trinajstić information content (AvgIpc) is 2.37. The fourth-order valence-corrected chi connectivity index (χ4v) is 1.35. The Bertz CT molecular complexity index is 457. The van der Waals surface area contributed by atoms with Gasteiger partial charge in [0.2, 0.25) is 0 Å². The summed E-state index contributed by atoms with van der Waals surface area (Å²) in [6.07, 6.45) is 0. The fraction of sp³-hybridized carbons (Fsp3) is 0.231. The SMILES string of the molecule is CCOC(=O)/C(C#N)=C(\OC)c1ccccc1. The van der Waals surface area contributed by atoms with E-state index >= 15 is 0 Å². The Labute approximate surface area is 100 Å². The number of rotatable bonds is 4. The topological polar surface area (TPSA) is 59.3 Å². The van der Waals surface area contributed by atoms with E-state index in [9.17, 15) is 4.79 Å². The summed E-state index contributed by atoms with van der Waals surface area (Å²) in [5.41, 5.74) is 0.542. The molecule has 0 radical (unpaired) electrons. The van der Waals surface area contributed by atoms with Gasteiger partial charge in [0.05, 0.1) is 13.7 Å². The zero-order chi connectivity index (χ0) is 12.7. The van der Waals surface area contributed by atoms with Crippen molar-refractivity contribution in [2.45, 2.75) is 6.92 Å². The van der Waals surface area contributed by atoms with Crippen LogP contribution >= 0.6 is 0 Å². The molecular weight excluding hydrogens is 218 g/mol. The van der Waals surface area contributed by atoms with Gasteiger partial charge in [-0.2, -0.15) is 5.26 Å². The van der Waals surface area contributed by atoms with Crippen molar-refractivity contribution in [3.63, 3.8) is 0 Å². The zero-order valence-corrected chi connectivity index (χ0v) is 9.77. The summed E-state index contributed by atoms with van der Waals surface area (Å²) < 4.78 is 9.91. The Balaban J connectivity index is 3.21. The number of ether oxygens (including phenoxy) is 2. The summed E-state index contributed by atoms with van der Waals surface area (Å²) >= 11 is 0. The molecule has 0 unspecified atom stereocenters. The lowest BCUT2D eigenvalue weighted by atomic mass is 10.1. The predicted octanol–water partition coefficient (Wildman–Crippen LogP) is 2.13. The Hall–Kier alpha value is -2.28. The molecule has 0 aliphatic carbocycles. The molecule has 1 aromatic rings. The summed E-state index contributed by atoms with van der Waals surface area (Å²) in [5, 5.41) is 9.00. The van der Waals surface area contributed by atoms with E-state index in [1.54, 1.807) is 31.2 Å². The maximum atomic E-state index is 11.6. The van der Waals surface area contributed by atoms with Crippen LogP contribution in [0.25, 0.3) is 5.76 Å². The number of methoxy groups -OCH3 is 1. The van der Waals surface area contributed by atoms with Gasteiger partial charge in [-0.05, 0) is 6.92 Å². The number of carbonyl (C=O) groups is 1. The Morgan fingerprint density at radius 3 is 2.47 bits per heavy atom. The van der Waals surface area contributed by atoms with Crippen molar-refractivity contribution in [1.82, 2.24) is 0 Å². The van der Waals surface area contributed by atoms with Gasteiger partial charge in [0, 0.05) is 5.56 Å². The average molecular weight is 231 g/mol. The molecule has 1 aromatic carbocycles. The van der Waals surface area contributed by atoms with E-state index in [-0.39, 0.29) is 17.9 Å². The minimum absolute atomic E-state index is 0.124. The molecule has 0 spiro atoms. The Morgan fingerprint density at radius 2 is 2.00 bits per heavy atom. The van der Waals surface area contributed by atoms with Crippen molar-refractivity contribution in [3.05, 3.63) is 41.5 Å². The van der Waals surface area contributed by atoms with Crippen LogP contribution in [0.15, 0.2) is 35.9 Å². The lowest BCUT2D eigenvalue weighted by Crippen LogP contribution is -2.09. The first-order valence-electron chi connectivity index (χ1n) is 5.15. The number of carbonyl (C=O) groups excluding carboxylic acids is 1. The number of nitrogens with zero attached hydrogens (tertiary/aromatic N) is 1. The van der Waals surface area contributed by atoms with Crippen LogP contribution in [-0.4, -0.2) is 19.7 Å². The molecule has 0 aliphatic rings. The van der Waals surface area contributed by atoms with E-state index in [1.807, 2.05) is 12.1 Å². The molecule has 0 bridgehead atoms. The predicted molar refractivity (Wildman–Crippen MR) is 62.6 cm³/mol. The number of hydrogen-bond acceptors (Lipinski definition) is 4. The summed E-state index contributed by atoms with van der Waals surface area (Å²) in [7, 11) is 1.42. The van der Waals surface area contributed by atoms with Crippen LogP contribution in [0.4, 0.5) is 0 Å². The molecule has 1 rings (SSSR count). The summed E-state index contributed by atoms with van der Waals surface area (Å²) in [4.78, 5) is 11.6. The van der Waals surface area contributed by atoms with Crippen molar-refractivity contribution in [1.29, 1.82) is 5.26 Å². The largest absolute Gasteiger partial charge is 0.494 e. The van der Waals surface area contributed by atoms with Gasteiger partial charge in [-0.1, -0.05) is 30.3 Å². The Kier molecular flexibility index (Phi) is 4.77. The van der Waals surface area contributed by atoms with Crippen LogP contribution in [-0.2, 0) is 14.3 Å².